The summed E-state index contributed by atoms with van der Waals surface area (Å²) in [5, 5.41) is 6.29. The Morgan fingerprint density at radius 3 is 2.77 bits per heavy atom. The number of nitrogens with zero attached hydrogens (tertiary/aromatic N) is 2. The van der Waals surface area contributed by atoms with Crippen LogP contribution < -0.4 is 15.5 Å². The van der Waals surface area contributed by atoms with Crippen LogP contribution in [0.25, 0.3) is 0 Å². The molecular formula is C20H26N4O2. The van der Waals surface area contributed by atoms with Crippen molar-refractivity contribution in [2.45, 2.75) is 13.8 Å². The lowest BCUT2D eigenvalue weighted by Crippen LogP contribution is -2.36. The van der Waals surface area contributed by atoms with Crippen LogP contribution in [0.5, 0.6) is 0 Å². The van der Waals surface area contributed by atoms with Crippen LogP contribution in [0.1, 0.15) is 24.2 Å². The van der Waals surface area contributed by atoms with Crippen molar-refractivity contribution >= 4 is 23.1 Å². The molecule has 0 bridgehead atoms. The van der Waals surface area contributed by atoms with Crippen molar-refractivity contribution in [1.82, 2.24) is 10.3 Å². The molecular weight excluding hydrogens is 328 g/mol. The molecule has 2 N–H and O–H groups in total. The molecule has 1 aromatic heterocycles. The molecule has 1 saturated heterocycles. The summed E-state index contributed by atoms with van der Waals surface area (Å²) in [6, 6.07) is 11.6. The van der Waals surface area contributed by atoms with E-state index in [0.717, 1.165) is 37.7 Å². The highest BCUT2D eigenvalue weighted by atomic mass is 16.5. The molecule has 0 spiro atoms. The van der Waals surface area contributed by atoms with E-state index in [1.165, 1.54) is 0 Å². The van der Waals surface area contributed by atoms with Gasteiger partial charge in [0.05, 0.1) is 24.6 Å². The number of rotatable bonds is 6. The lowest BCUT2D eigenvalue weighted by Gasteiger charge is -2.30. The minimum atomic E-state index is -0.0781. The molecule has 0 radical (unpaired) electrons. The van der Waals surface area contributed by atoms with Crippen LogP contribution in [0.15, 0.2) is 42.6 Å². The maximum absolute atomic E-state index is 12.3. The van der Waals surface area contributed by atoms with Crippen molar-refractivity contribution in [1.29, 1.82) is 0 Å². The van der Waals surface area contributed by atoms with Gasteiger partial charge in [0.15, 0.2) is 0 Å². The predicted octanol–water partition coefficient (Wildman–Crippen LogP) is 3.05. The van der Waals surface area contributed by atoms with Gasteiger partial charge >= 0.3 is 0 Å². The lowest BCUT2D eigenvalue weighted by molar-refractivity contribution is 0.0949. The Kier molecular flexibility index (Phi) is 6.07. The molecule has 1 fully saturated rings. The summed E-state index contributed by atoms with van der Waals surface area (Å²) in [5.74, 6) is 0.993. The number of nitrogens with one attached hydrogen (secondary N) is 2. The molecule has 0 unspecified atom stereocenters. The molecule has 3 rings (SSSR count). The Balaban J connectivity index is 1.75. The van der Waals surface area contributed by atoms with Gasteiger partial charge in [0, 0.05) is 31.4 Å². The summed E-state index contributed by atoms with van der Waals surface area (Å²) < 4.78 is 5.44. The Bertz CT molecular complexity index is 742. The fraction of sp³-hybridized carbons (Fsp3) is 0.400. The summed E-state index contributed by atoms with van der Waals surface area (Å²) in [6.45, 7) is 8.00. The second-order valence-corrected chi connectivity index (χ2v) is 6.78. The first-order chi connectivity index (χ1) is 12.6. The smallest absolute Gasteiger partial charge is 0.251 e. The van der Waals surface area contributed by atoms with Gasteiger partial charge in [-0.05, 0) is 30.2 Å². The zero-order chi connectivity index (χ0) is 18.4. The number of amides is 1. The number of aromatic nitrogens is 1. The number of carbonyl (C=O) groups excluding carboxylic acids is 1. The Morgan fingerprint density at radius 2 is 2.00 bits per heavy atom. The second kappa shape index (κ2) is 8.67. The molecule has 0 saturated carbocycles. The van der Waals surface area contributed by atoms with Crippen molar-refractivity contribution in [3.8, 4) is 0 Å². The molecule has 2 heterocycles. The van der Waals surface area contributed by atoms with E-state index in [4.69, 9.17) is 4.74 Å². The van der Waals surface area contributed by atoms with E-state index in [2.05, 4.69) is 40.4 Å². The second-order valence-electron chi connectivity index (χ2n) is 6.78. The third kappa shape index (κ3) is 4.73. The molecule has 138 valence electrons. The number of carbonyl (C=O) groups is 1. The third-order valence-electron chi connectivity index (χ3n) is 4.21. The summed E-state index contributed by atoms with van der Waals surface area (Å²) in [4.78, 5) is 18.9. The molecule has 6 nitrogen and oxygen atoms in total. The number of anilines is 3. The van der Waals surface area contributed by atoms with E-state index < -0.39 is 0 Å². The van der Waals surface area contributed by atoms with E-state index in [1.807, 2.05) is 18.2 Å². The van der Waals surface area contributed by atoms with E-state index in [0.29, 0.717) is 23.8 Å². The molecule has 1 amide bonds. The Hall–Kier alpha value is -2.60. The van der Waals surface area contributed by atoms with Gasteiger partial charge in [-0.15, -0.1) is 0 Å². The Morgan fingerprint density at radius 1 is 1.23 bits per heavy atom. The minimum absolute atomic E-state index is 0.0781. The van der Waals surface area contributed by atoms with Gasteiger partial charge in [0.2, 0.25) is 0 Å². The highest BCUT2D eigenvalue weighted by Crippen LogP contribution is 2.28. The number of hydrogen-bond acceptors (Lipinski definition) is 5. The monoisotopic (exact) mass is 354 g/mol. The number of benzene rings is 1. The maximum Gasteiger partial charge on any atom is 0.251 e. The van der Waals surface area contributed by atoms with Gasteiger partial charge < -0.3 is 20.3 Å². The minimum Gasteiger partial charge on any atom is -0.378 e. The number of morpholine rings is 1. The average molecular weight is 354 g/mol. The predicted molar refractivity (Wildman–Crippen MR) is 104 cm³/mol. The standard InChI is InChI=1S/C20H26N4O2/c1-15(2)14-22-20(25)16-7-8-21-19(13-16)23-17-5-3-4-6-18(17)24-9-11-26-12-10-24/h3-8,13,15H,9-12,14H2,1-2H3,(H,21,23)(H,22,25). The zero-order valence-electron chi connectivity index (χ0n) is 15.4. The molecule has 0 atom stereocenters. The fourth-order valence-electron chi connectivity index (χ4n) is 2.84. The molecule has 26 heavy (non-hydrogen) atoms. The summed E-state index contributed by atoms with van der Waals surface area (Å²) in [5.41, 5.74) is 2.70. The number of ether oxygens (including phenoxy) is 1. The van der Waals surface area contributed by atoms with Crippen molar-refractivity contribution in [2.75, 3.05) is 43.1 Å². The maximum atomic E-state index is 12.3. The summed E-state index contributed by atoms with van der Waals surface area (Å²) >= 11 is 0. The van der Waals surface area contributed by atoms with Crippen LogP contribution in [0.2, 0.25) is 0 Å². The normalized spacial score (nSPS) is 14.3. The van der Waals surface area contributed by atoms with Gasteiger partial charge in [0.1, 0.15) is 5.82 Å². The molecule has 1 aliphatic heterocycles. The third-order valence-corrected chi connectivity index (χ3v) is 4.21. The van der Waals surface area contributed by atoms with E-state index in [-0.39, 0.29) is 5.91 Å². The topological polar surface area (TPSA) is 66.5 Å². The van der Waals surface area contributed by atoms with E-state index in [1.54, 1.807) is 18.3 Å². The number of hydrogen-bond donors (Lipinski definition) is 2. The van der Waals surface area contributed by atoms with Gasteiger partial charge in [-0.1, -0.05) is 26.0 Å². The first kappa shape index (κ1) is 18.2. The summed E-state index contributed by atoms with van der Waals surface area (Å²) in [6.07, 6.45) is 1.66. The molecule has 2 aromatic rings. The molecule has 6 heteroatoms. The van der Waals surface area contributed by atoms with Gasteiger partial charge in [-0.2, -0.15) is 0 Å². The SMILES string of the molecule is CC(C)CNC(=O)c1ccnc(Nc2ccccc2N2CCOCC2)c1. The first-order valence-corrected chi connectivity index (χ1v) is 9.06. The largest absolute Gasteiger partial charge is 0.378 e. The molecule has 1 aromatic carbocycles. The zero-order valence-corrected chi connectivity index (χ0v) is 15.4. The van der Waals surface area contributed by atoms with Crippen molar-refractivity contribution in [3.05, 3.63) is 48.2 Å². The van der Waals surface area contributed by atoms with Crippen LogP contribution in [0.4, 0.5) is 17.2 Å². The van der Waals surface area contributed by atoms with Gasteiger partial charge in [-0.3, -0.25) is 4.79 Å². The highest BCUT2D eigenvalue weighted by Gasteiger charge is 2.15. The Labute approximate surface area is 154 Å². The average Bonchev–Trinajstić information content (AvgIpc) is 2.67. The van der Waals surface area contributed by atoms with Crippen molar-refractivity contribution in [2.24, 2.45) is 5.92 Å². The number of pyridine rings is 1. The van der Waals surface area contributed by atoms with E-state index in [9.17, 15) is 4.79 Å². The van der Waals surface area contributed by atoms with Crippen LogP contribution >= 0.6 is 0 Å². The highest BCUT2D eigenvalue weighted by molar-refractivity contribution is 5.95. The number of para-hydroxylation sites is 2. The quantitative estimate of drug-likeness (QED) is 0.835. The van der Waals surface area contributed by atoms with E-state index >= 15 is 0 Å². The van der Waals surface area contributed by atoms with Crippen LogP contribution in [-0.2, 0) is 4.74 Å². The lowest BCUT2D eigenvalue weighted by atomic mass is 10.2. The summed E-state index contributed by atoms with van der Waals surface area (Å²) in [7, 11) is 0. The molecule has 1 aliphatic rings. The van der Waals surface area contributed by atoms with Crippen LogP contribution in [-0.4, -0.2) is 43.7 Å². The van der Waals surface area contributed by atoms with Crippen LogP contribution in [0, 0.1) is 5.92 Å². The first-order valence-electron chi connectivity index (χ1n) is 9.06. The van der Waals surface area contributed by atoms with Crippen LogP contribution in [0.3, 0.4) is 0 Å². The fourth-order valence-corrected chi connectivity index (χ4v) is 2.84. The molecule has 0 aliphatic carbocycles. The van der Waals surface area contributed by atoms with Crippen molar-refractivity contribution in [3.63, 3.8) is 0 Å². The van der Waals surface area contributed by atoms with Gasteiger partial charge in [-0.25, -0.2) is 4.98 Å². The van der Waals surface area contributed by atoms with Gasteiger partial charge in [0.25, 0.3) is 5.91 Å². The van der Waals surface area contributed by atoms with Crippen molar-refractivity contribution < 1.29 is 9.53 Å².